The molecule has 0 amide bonds. The number of anilines is 1. The van der Waals surface area contributed by atoms with Crippen LogP contribution >= 0.6 is 0 Å². The molecule has 1 aromatic rings. The molecule has 0 bridgehead atoms. The number of carboxylic acid groups (broad SMARTS) is 1. The van der Waals surface area contributed by atoms with Crippen LogP contribution in [0.15, 0.2) is 18.3 Å². The van der Waals surface area contributed by atoms with Gasteiger partial charge in [0.15, 0.2) is 0 Å². The van der Waals surface area contributed by atoms with Gasteiger partial charge in [0.25, 0.3) is 0 Å². The summed E-state index contributed by atoms with van der Waals surface area (Å²) in [5, 5.41) is 11.8. The second-order valence-corrected chi connectivity index (χ2v) is 3.97. The minimum absolute atomic E-state index is 0.0324. The van der Waals surface area contributed by atoms with Crippen molar-refractivity contribution in [3.8, 4) is 0 Å². The fourth-order valence-electron chi connectivity index (χ4n) is 1.60. The van der Waals surface area contributed by atoms with Gasteiger partial charge in [-0.25, -0.2) is 9.78 Å². The summed E-state index contributed by atoms with van der Waals surface area (Å²) in [7, 11) is 0. The van der Waals surface area contributed by atoms with Gasteiger partial charge in [-0.1, -0.05) is 6.92 Å². The first-order valence-corrected chi connectivity index (χ1v) is 6.18. The van der Waals surface area contributed by atoms with E-state index in [1.54, 1.807) is 25.3 Å². The Kier molecular flexibility index (Phi) is 5.78. The van der Waals surface area contributed by atoms with Crippen molar-refractivity contribution in [2.24, 2.45) is 0 Å². The van der Waals surface area contributed by atoms with E-state index >= 15 is 0 Å². The average Bonchev–Trinajstić information content (AvgIpc) is 2.38. The summed E-state index contributed by atoms with van der Waals surface area (Å²) in [6, 6.07) is 2.96. The van der Waals surface area contributed by atoms with E-state index in [0.717, 1.165) is 0 Å². The molecule has 1 aromatic heterocycles. The van der Waals surface area contributed by atoms with Crippen molar-refractivity contribution < 1.29 is 19.4 Å². The van der Waals surface area contributed by atoms with E-state index in [1.165, 1.54) is 0 Å². The summed E-state index contributed by atoms with van der Waals surface area (Å²) in [6.07, 6.45) is 2.12. The monoisotopic (exact) mass is 266 g/mol. The predicted molar refractivity (Wildman–Crippen MR) is 70.1 cm³/mol. The van der Waals surface area contributed by atoms with Crippen LogP contribution in [0.1, 0.15) is 37.0 Å². The number of carbonyl (C=O) groups is 2. The van der Waals surface area contributed by atoms with E-state index in [-0.39, 0.29) is 19.1 Å². The first kappa shape index (κ1) is 14.9. The van der Waals surface area contributed by atoms with Crippen LogP contribution in [0.4, 0.5) is 5.82 Å². The summed E-state index contributed by atoms with van der Waals surface area (Å²) in [6.45, 7) is 3.87. The molecule has 1 unspecified atom stereocenters. The molecule has 2 N–H and O–H groups in total. The van der Waals surface area contributed by atoms with Gasteiger partial charge in [0, 0.05) is 12.2 Å². The van der Waals surface area contributed by atoms with Crippen molar-refractivity contribution in [3.05, 3.63) is 23.9 Å². The van der Waals surface area contributed by atoms with Crippen LogP contribution in [-0.4, -0.2) is 34.7 Å². The number of esters is 1. The summed E-state index contributed by atoms with van der Waals surface area (Å²) < 4.78 is 4.93. The Morgan fingerprint density at radius 3 is 2.79 bits per heavy atom. The topological polar surface area (TPSA) is 88.5 Å². The van der Waals surface area contributed by atoms with Gasteiger partial charge < -0.3 is 15.2 Å². The van der Waals surface area contributed by atoms with Gasteiger partial charge in [-0.2, -0.15) is 0 Å². The normalized spacial score (nSPS) is 11.7. The number of nitrogens with one attached hydrogen (secondary N) is 1. The van der Waals surface area contributed by atoms with Gasteiger partial charge in [0.2, 0.25) is 0 Å². The zero-order valence-corrected chi connectivity index (χ0v) is 11.0. The van der Waals surface area contributed by atoms with E-state index in [0.29, 0.717) is 17.8 Å². The second-order valence-electron chi connectivity index (χ2n) is 3.97. The Hall–Kier alpha value is -2.11. The fraction of sp³-hybridized carbons (Fsp3) is 0.462. The minimum Gasteiger partial charge on any atom is -0.481 e. The third-order valence-electron chi connectivity index (χ3n) is 2.56. The second kappa shape index (κ2) is 7.35. The van der Waals surface area contributed by atoms with Gasteiger partial charge in [-0.05, 0) is 25.5 Å². The molecule has 0 aliphatic heterocycles. The molecule has 6 nitrogen and oxygen atoms in total. The van der Waals surface area contributed by atoms with Crippen molar-refractivity contribution >= 4 is 17.8 Å². The number of rotatable bonds is 7. The standard InChI is InChI=1S/C13H18N2O4/c1-3-9(8-11(16)17)15-12-10(6-5-7-14-12)13(18)19-4-2/h5-7,9H,3-4,8H2,1-2H3,(H,14,15)(H,16,17). The minimum atomic E-state index is -0.895. The van der Waals surface area contributed by atoms with Crippen LogP contribution in [-0.2, 0) is 9.53 Å². The van der Waals surface area contributed by atoms with Crippen molar-refractivity contribution in [1.29, 1.82) is 0 Å². The Morgan fingerprint density at radius 1 is 1.47 bits per heavy atom. The molecule has 0 saturated carbocycles. The lowest BCUT2D eigenvalue weighted by Crippen LogP contribution is -2.24. The van der Waals surface area contributed by atoms with Crippen LogP contribution < -0.4 is 5.32 Å². The highest BCUT2D eigenvalue weighted by molar-refractivity contribution is 5.94. The molecule has 104 valence electrons. The molecule has 19 heavy (non-hydrogen) atoms. The fourth-order valence-corrected chi connectivity index (χ4v) is 1.60. The number of carbonyl (C=O) groups excluding carboxylic acids is 1. The van der Waals surface area contributed by atoms with Gasteiger partial charge in [0.1, 0.15) is 11.4 Å². The highest BCUT2D eigenvalue weighted by Crippen LogP contribution is 2.16. The van der Waals surface area contributed by atoms with E-state index in [2.05, 4.69) is 10.3 Å². The number of pyridine rings is 1. The van der Waals surface area contributed by atoms with Crippen LogP contribution in [0.3, 0.4) is 0 Å². The van der Waals surface area contributed by atoms with Crippen LogP contribution in [0.2, 0.25) is 0 Å². The maximum absolute atomic E-state index is 11.7. The molecule has 1 atom stereocenters. The molecule has 1 rings (SSSR count). The summed E-state index contributed by atoms with van der Waals surface area (Å²) in [4.78, 5) is 26.5. The summed E-state index contributed by atoms with van der Waals surface area (Å²) >= 11 is 0. The number of aliphatic carboxylic acids is 1. The maximum Gasteiger partial charge on any atom is 0.341 e. The Labute approximate surface area is 111 Å². The highest BCUT2D eigenvalue weighted by Gasteiger charge is 2.17. The Balaban J connectivity index is 2.87. The van der Waals surface area contributed by atoms with Gasteiger partial charge >= 0.3 is 11.9 Å². The third kappa shape index (κ3) is 4.57. The lowest BCUT2D eigenvalue weighted by Gasteiger charge is -2.17. The number of hydrogen-bond acceptors (Lipinski definition) is 5. The molecule has 0 aliphatic rings. The van der Waals surface area contributed by atoms with Gasteiger partial charge in [0.05, 0.1) is 13.0 Å². The molecule has 0 saturated heterocycles. The van der Waals surface area contributed by atoms with Gasteiger partial charge in [-0.15, -0.1) is 0 Å². The van der Waals surface area contributed by atoms with Crippen LogP contribution in [0, 0.1) is 0 Å². The smallest absolute Gasteiger partial charge is 0.341 e. The Bertz CT molecular complexity index is 448. The first-order chi connectivity index (χ1) is 9.08. The quantitative estimate of drug-likeness (QED) is 0.733. The van der Waals surface area contributed by atoms with Crippen molar-refractivity contribution in [3.63, 3.8) is 0 Å². The zero-order valence-electron chi connectivity index (χ0n) is 11.0. The first-order valence-electron chi connectivity index (χ1n) is 6.18. The number of ether oxygens (including phenoxy) is 1. The lowest BCUT2D eigenvalue weighted by molar-refractivity contribution is -0.137. The molecule has 6 heteroatoms. The number of nitrogens with zero attached hydrogens (tertiary/aromatic N) is 1. The lowest BCUT2D eigenvalue weighted by atomic mass is 10.1. The van der Waals surface area contributed by atoms with E-state index in [1.807, 2.05) is 6.92 Å². The Morgan fingerprint density at radius 2 is 2.21 bits per heavy atom. The predicted octanol–water partition coefficient (Wildman–Crippen LogP) is 1.92. The molecule has 0 aromatic carbocycles. The molecular formula is C13H18N2O4. The molecule has 0 radical (unpaired) electrons. The largest absolute Gasteiger partial charge is 0.481 e. The average molecular weight is 266 g/mol. The van der Waals surface area contributed by atoms with E-state index in [9.17, 15) is 9.59 Å². The molecule has 0 spiro atoms. The molecular weight excluding hydrogens is 248 g/mol. The maximum atomic E-state index is 11.7. The highest BCUT2D eigenvalue weighted by atomic mass is 16.5. The zero-order chi connectivity index (χ0) is 14.3. The van der Waals surface area contributed by atoms with Crippen molar-refractivity contribution in [1.82, 2.24) is 4.98 Å². The van der Waals surface area contributed by atoms with E-state index in [4.69, 9.17) is 9.84 Å². The van der Waals surface area contributed by atoms with Crippen LogP contribution in [0.5, 0.6) is 0 Å². The van der Waals surface area contributed by atoms with Gasteiger partial charge in [-0.3, -0.25) is 4.79 Å². The summed E-state index contributed by atoms with van der Waals surface area (Å²) in [5.41, 5.74) is 0.313. The number of aromatic nitrogens is 1. The van der Waals surface area contributed by atoms with Crippen molar-refractivity contribution in [2.45, 2.75) is 32.7 Å². The summed E-state index contributed by atoms with van der Waals surface area (Å²) in [5.74, 6) is -1.01. The SMILES string of the molecule is CCOC(=O)c1cccnc1NC(CC)CC(=O)O. The molecule has 0 aliphatic carbocycles. The third-order valence-corrected chi connectivity index (χ3v) is 2.56. The number of carboxylic acids is 1. The number of hydrogen-bond donors (Lipinski definition) is 2. The molecule has 0 fully saturated rings. The van der Waals surface area contributed by atoms with E-state index < -0.39 is 11.9 Å². The molecule has 1 heterocycles. The van der Waals surface area contributed by atoms with Crippen LogP contribution in [0.25, 0.3) is 0 Å². The van der Waals surface area contributed by atoms with Crippen molar-refractivity contribution in [2.75, 3.05) is 11.9 Å².